The number of nitrogens with zero attached hydrogens (tertiary/aromatic N) is 1. The largest absolute Gasteiger partial charge is 0.417 e. The van der Waals surface area contributed by atoms with Crippen LogP contribution in [0.4, 0.5) is 0 Å². The molecule has 3 aromatic rings. The summed E-state index contributed by atoms with van der Waals surface area (Å²) >= 11 is 0. The number of aromatic nitrogens is 3. The zero-order valence-electron chi connectivity index (χ0n) is 10.5. The number of hydrogen-bond donors (Lipinski definition) is 3. The summed E-state index contributed by atoms with van der Waals surface area (Å²) in [6.07, 6.45) is 0.897. The van der Waals surface area contributed by atoms with E-state index < -0.39 is 5.76 Å². The van der Waals surface area contributed by atoms with Crippen LogP contribution in [0.1, 0.15) is 5.69 Å². The number of benzene rings is 1. The van der Waals surface area contributed by atoms with Gasteiger partial charge in [-0.1, -0.05) is 0 Å². The quantitative estimate of drug-likeness (QED) is 0.657. The zero-order valence-corrected chi connectivity index (χ0v) is 10.5. The summed E-state index contributed by atoms with van der Waals surface area (Å²) < 4.78 is 4.97. The highest BCUT2D eigenvalue weighted by Crippen LogP contribution is 2.21. The standard InChI is InChI=1S/C13H14N4O2/c1-14-5-4-9-7-10(17-16-9)8-2-3-12-11(6-8)15-13(18)19-12/h2-3,6-7,14H,4-5H2,1H3,(H,15,18)(H,16,17). The summed E-state index contributed by atoms with van der Waals surface area (Å²) in [6.45, 7) is 0.899. The molecule has 3 rings (SSSR count). The van der Waals surface area contributed by atoms with E-state index in [1.54, 1.807) is 6.07 Å². The third-order valence-corrected chi connectivity index (χ3v) is 2.99. The minimum atomic E-state index is -0.441. The summed E-state index contributed by atoms with van der Waals surface area (Å²) in [5, 5.41) is 10.4. The van der Waals surface area contributed by atoms with Gasteiger partial charge in [0.15, 0.2) is 5.58 Å². The van der Waals surface area contributed by atoms with E-state index in [2.05, 4.69) is 20.5 Å². The lowest BCUT2D eigenvalue weighted by atomic mass is 10.1. The zero-order chi connectivity index (χ0) is 13.2. The van der Waals surface area contributed by atoms with E-state index in [0.29, 0.717) is 11.1 Å². The number of hydrogen-bond acceptors (Lipinski definition) is 4. The second-order valence-electron chi connectivity index (χ2n) is 4.36. The maximum Gasteiger partial charge on any atom is 0.417 e. The van der Waals surface area contributed by atoms with Crippen molar-refractivity contribution in [3.63, 3.8) is 0 Å². The first kappa shape index (κ1) is 11.7. The summed E-state index contributed by atoms with van der Waals surface area (Å²) in [7, 11) is 1.92. The molecule has 0 unspecified atom stereocenters. The van der Waals surface area contributed by atoms with Gasteiger partial charge in [-0.25, -0.2) is 4.79 Å². The molecule has 0 radical (unpaired) electrons. The topological polar surface area (TPSA) is 86.7 Å². The van der Waals surface area contributed by atoms with Gasteiger partial charge in [0.1, 0.15) is 0 Å². The smallest absolute Gasteiger partial charge is 0.408 e. The van der Waals surface area contributed by atoms with Crippen molar-refractivity contribution in [1.29, 1.82) is 0 Å². The Bertz CT molecular complexity index is 753. The van der Waals surface area contributed by atoms with Gasteiger partial charge in [0.05, 0.1) is 11.2 Å². The molecule has 0 saturated heterocycles. The minimum Gasteiger partial charge on any atom is -0.408 e. The van der Waals surface area contributed by atoms with Crippen LogP contribution in [0.5, 0.6) is 0 Å². The van der Waals surface area contributed by atoms with E-state index in [1.807, 2.05) is 25.2 Å². The van der Waals surface area contributed by atoms with Crippen molar-refractivity contribution in [2.24, 2.45) is 0 Å². The van der Waals surface area contributed by atoms with Gasteiger partial charge in [-0.2, -0.15) is 5.10 Å². The molecule has 3 N–H and O–H groups in total. The minimum absolute atomic E-state index is 0.441. The van der Waals surface area contributed by atoms with Crippen molar-refractivity contribution in [2.75, 3.05) is 13.6 Å². The van der Waals surface area contributed by atoms with Crippen LogP contribution in [-0.4, -0.2) is 28.8 Å². The fourth-order valence-electron chi connectivity index (χ4n) is 2.01. The van der Waals surface area contributed by atoms with Crippen LogP contribution < -0.4 is 11.1 Å². The van der Waals surface area contributed by atoms with Crippen molar-refractivity contribution in [1.82, 2.24) is 20.5 Å². The van der Waals surface area contributed by atoms with Crippen LogP contribution in [0, 0.1) is 0 Å². The second kappa shape index (κ2) is 4.74. The molecule has 0 spiro atoms. The number of fused-ring (bicyclic) bond motifs is 1. The van der Waals surface area contributed by atoms with Gasteiger partial charge in [0.25, 0.3) is 0 Å². The molecule has 0 bridgehead atoms. The summed E-state index contributed by atoms with van der Waals surface area (Å²) in [5.41, 5.74) is 4.11. The molecule has 19 heavy (non-hydrogen) atoms. The van der Waals surface area contributed by atoms with Crippen molar-refractivity contribution in [3.8, 4) is 11.3 Å². The molecule has 0 atom stereocenters. The lowest BCUT2D eigenvalue weighted by molar-refractivity contribution is 0.555. The Hall–Kier alpha value is -2.34. The number of oxazole rings is 1. The highest BCUT2D eigenvalue weighted by atomic mass is 16.4. The monoisotopic (exact) mass is 258 g/mol. The normalized spacial score (nSPS) is 11.2. The lowest BCUT2D eigenvalue weighted by Gasteiger charge is -1.95. The van der Waals surface area contributed by atoms with Crippen molar-refractivity contribution < 1.29 is 4.42 Å². The highest BCUT2D eigenvalue weighted by Gasteiger charge is 2.07. The van der Waals surface area contributed by atoms with E-state index in [1.165, 1.54) is 0 Å². The molecule has 0 saturated carbocycles. The molecule has 2 aromatic heterocycles. The third-order valence-electron chi connectivity index (χ3n) is 2.99. The van der Waals surface area contributed by atoms with Gasteiger partial charge in [0, 0.05) is 24.2 Å². The molecular weight excluding hydrogens is 244 g/mol. The summed E-state index contributed by atoms with van der Waals surface area (Å²) in [4.78, 5) is 13.7. The second-order valence-corrected chi connectivity index (χ2v) is 4.36. The maximum atomic E-state index is 11.1. The van der Waals surface area contributed by atoms with Crippen molar-refractivity contribution >= 4 is 11.1 Å². The molecule has 0 aliphatic carbocycles. The lowest BCUT2D eigenvalue weighted by Crippen LogP contribution is -2.10. The fraction of sp³-hybridized carbons (Fsp3) is 0.231. The Morgan fingerprint density at radius 1 is 1.37 bits per heavy atom. The Balaban J connectivity index is 1.94. The molecule has 0 fully saturated rings. The van der Waals surface area contributed by atoms with E-state index in [9.17, 15) is 4.79 Å². The highest BCUT2D eigenvalue weighted by molar-refractivity contribution is 5.79. The van der Waals surface area contributed by atoms with Crippen LogP contribution in [0.2, 0.25) is 0 Å². The predicted molar refractivity (Wildman–Crippen MR) is 72.0 cm³/mol. The average molecular weight is 258 g/mol. The molecule has 0 aliphatic heterocycles. The average Bonchev–Trinajstić information content (AvgIpc) is 3.00. The first-order valence-electron chi connectivity index (χ1n) is 6.08. The van der Waals surface area contributed by atoms with Gasteiger partial charge < -0.3 is 9.73 Å². The molecule has 2 heterocycles. The summed E-state index contributed by atoms with van der Waals surface area (Å²) in [5.74, 6) is -0.441. The Labute approximate surface area is 108 Å². The van der Waals surface area contributed by atoms with Gasteiger partial charge in [-0.3, -0.25) is 10.1 Å². The van der Waals surface area contributed by atoms with Gasteiger partial charge in [0.2, 0.25) is 0 Å². The van der Waals surface area contributed by atoms with Gasteiger partial charge in [-0.15, -0.1) is 0 Å². The number of likely N-dealkylation sites (N-methyl/N-ethyl adjacent to an activating group) is 1. The van der Waals surface area contributed by atoms with Crippen LogP contribution in [-0.2, 0) is 6.42 Å². The van der Waals surface area contributed by atoms with Gasteiger partial charge >= 0.3 is 5.76 Å². The predicted octanol–water partition coefficient (Wildman–Crippen LogP) is 1.27. The van der Waals surface area contributed by atoms with E-state index in [-0.39, 0.29) is 0 Å². The van der Waals surface area contributed by atoms with Crippen LogP contribution in [0.15, 0.2) is 33.5 Å². The molecule has 6 nitrogen and oxygen atoms in total. The van der Waals surface area contributed by atoms with Crippen LogP contribution in [0.25, 0.3) is 22.4 Å². The number of aromatic amines is 2. The fourth-order valence-corrected chi connectivity index (χ4v) is 2.01. The van der Waals surface area contributed by atoms with Gasteiger partial charge in [-0.05, 0) is 31.3 Å². The maximum absolute atomic E-state index is 11.1. The molecule has 98 valence electrons. The van der Waals surface area contributed by atoms with E-state index >= 15 is 0 Å². The first-order chi connectivity index (χ1) is 9.26. The molecule has 6 heteroatoms. The van der Waals surface area contributed by atoms with E-state index in [0.717, 1.165) is 29.9 Å². The Morgan fingerprint density at radius 3 is 3.11 bits per heavy atom. The number of nitrogens with one attached hydrogen (secondary N) is 3. The third kappa shape index (κ3) is 2.30. The van der Waals surface area contributed by atoms with Crippen LogP contribution >= 0.6 is 0 Å². The van der Waals surface area contributed by atoms with E-state index in [4.69, 9.17) is 4.42 Å². The molecule has 0 aliphatic rings. The molecular formula is C13H14N4O2. The van der Waals surface area contributed by atoms with Crippen LogP contribution in [0.3, 0.4) is 0 Å². The Morgan fingerprint density at radius 2 is 2.26 bits per heavy atom. The number of rotatable bonds is 4. The van der Waals surface area contributed by atoms with Crippen molar-refractivity contribution in [2.45, 2.75) is 6.42 Å². The molecule has 0 amide bonds. The Kier molecular flexibility index (Phi) is 2.92. The SMILES string of the molecule is CNCCc1cc(-c2ccc3oc(=O)[nH]c3c2)n[nH]1. The van der Waals surface area contributed by atoms with Crippen molar-refractivity contribution in [3.05, 3.63) is 40.5 Å². The summed E-state index contributed by atoms with van der Waals surface area (Å²) in [6, 6.07) is 7.52. The molecule has 1 aromatic carbocycles. The first-order valence-corrected chi connectivity index (χ1v) is 6.08. The number of H-pyrrole nitrogens is 2.